The minimum Gasteiger partial charge on any atom is -0.344 e. The number of nitrogens with one attached hydrogen (secondary N) is 1. The predicted octanol–water partition coefficient (Wildman–Crippen LogP) is 3.57. The molecule has 2 aromatic rings. The third kappa shape index (κ3) is 4.00. The van der Waals surface area contributed by atoms with Crippen molar-refractivity contribution >= 4 is 53.4 Å². The summed E-state index contributed by atoms with van der Waals surface area (Å²) in [5.74, 6) is 0.385. The second-order valence-electron chi connectivity index (χ2n) is 5.37. The first-order valence-corrected chi connectivity index (χ1v) is 8.40. The largest absolute Gasteiger partial charge is 0.344 e. The van der Waals surface area contributed by atoms with Crippen LogP contribution in [0.3, 0.4) is 0 Å². The summed E-state index contributed by atoms with van der Waals surface area (Å²) in [7, 11) is 0. The quantitative estimate of drug-likeness (QED) is 0.833. The van der Waals surface area contributed by atoms with Gasteiger partial charge in [0.15, 0.2) is 0 Å². The Morgan fingerprint density at radius 3 is 2.73 bits per heavy atom. The Morgan fingerprint density at radius 2 is 2.18 bits per heavy atom. The number of thiophene rings is 1. The van der Waals surface area contributed by atoms with Crippen LogP contribution in [0.5, 0.6) is 0 Å². The maximum absolute atomic E-state index is 12.3. The second kappa shape index (κ2) is 7.75. The molecular formula is C14H19Cl2N3OS2. The Labute approximate surface area is 150 Å². The Kier molecular flexibility index (Phi) is 6.83. The summed E-state index contributed by atoms with van der Waals surface area (Å²) < 4.78 is 0. The number of rotatable bonds is 5. The summed E-state index contributed by atoms with van der Waals surface area (Å²) in [5, 5.41) is 7.78. The lowest BCUT2D eigenvalue weighted by Gasteiger charge is -2.29. The van der Waals surface area contributed by atoms with Gasteiger partial charge in [0.25, 0.3) is 5.91 Å². The molecule has 0 aliphatic heterocycles. The van der Waals surface area contributed by atoms with Crippen LogP contribution in [0, 0.1) is 5.92 Å². The van der Waals surface area contributed by atoms with E-state index in [4.69, 9.17) is 5.73 Å². The third-order valence-electron chi connectivity index (χ3n) is 3.77. The van der Waals surface area contributed by atoms with Crippen molar-refractivity contribution in [3.63, 3.8) is 0 Å². The monoisotopic (exact) mass is 379 g/mol. The molecular weight excluding hydrogens is 361 g/mol. The molecule has 0 aromatic carbocycles. The van der Waals surface area contributed by atoms with E-state index in [-0.39, 0.29) is 36.3 Å². The smallest absolute Gasteiger partial charge is 0.271 e. The lowest BCUT2D eigenvalue weighted by atomic mass is 9.96. The molecule has 1 fully saturated rings. The first kappa shape index (κ1) is 19.4. The van der Waals surface area contributed by atoms with Gasteiger partial charge in [-0.15, -0.1) is 47.5 Å². The van der Waals surface area contributed by atoms with E-state index in [1.165, 1.54) is 11.3 Å². The normalized spacial score (nSPS) is 16.1. The van der Waals surface area contributed by atoms with Crippen LogP contribution < -0.4 is 11.1 Å². The van der Waals surface area contributed by atoms with Gasteiger partial charge in [0.2, 0.25) is 0 Å². The molecule has 1 amide bonds. The molecule has 8 heteroatoms. The molecule has 3 N–H and O–H groups in total. The number of nitrogens with two attached hydrogens (primary N) is 1. The molecule has 122 valence electrons. The number of halogens is 2. The fourth-order valence-corrected chi connectivity index (χ4v) is 3.87. The molecule has 0 radical (unpaired) electrons. The molecule has 1 atom stereocenters. The van der Waals surface area contributed by atoms with Crippen molar-refractivity contribution in [2.24, 2.45) is 11.7 Å². The Morgan fingerprint density at radius 1 is 1.45 bits per heavy atom. The zero-order valence-corrected chi connectivity index (χ0v) is 15.3. The van der Waals surface area contributed by atoms with Crippen molar-refractivity contribution in [2.45, 2.75) is 25.3 Å². The summed E-state index contributed by atoms with van der Waals surface area (Å²) in [4.78, 5) is 17.8. The van der Waals surface area contributed by atoms with Gasteiger partial charge in [-0.3, -0.25) is 4.79 Å². The Bertz CT molecular complexity index is 613. The van der Waals surface area contributed by atoms with Crippen LogP contribution in [-0.4, -0.2) is 23.0 Å². The van der Waals surface area contributed by atoms with Gasteiger partial charge in [0.1, 0.15) is 10.7 Å². The maximum Gasteiger partial charge on any atom is 0.271 e. The van der Waals surface area contributed by atoms with Crippen molar-refractivity contribution in [1.29, 1.82) is 0 Å². The van der Waals surface area contributed by atoms with Crippen LogP contribution in [0.2, 0.25) is 0 Å². The van der Waals surface area contributed by atoms with Gasteiger partial charge in [0.05, 0.1) is 10.4 Å². The van der Waals surface area contributed by atoms with Crippen molar-refractivity contribution in [1.82, 2.24) is 10.3 Å². The Balaban J connectivity index is 0.00000121. The topological polar surface area (TPSA) is 68.0 Å². The van der Waals surface area contributed by atoms with Crippen molar-refractivity contribution in [2.75, 3.05) is 6.54 Å². The van der Waals surface area contributed by atoms with Crippen LogP contribution in [0.15, 0.2) is 22.9 Å². The van der Waals surface area contributed by atoms with Crippen LogP contribution in [0.4, 0.5) is 0 Å². The van der Waals surface area contributed by atoms with E-state index in [0.29, 0.717) is 18.2 Å². The van der Waals surface area contributed by atoms with Gasteiger partial charge >= 0.3 is 0 Å². The molecule has 1 unspecified atom stereocenters. The molecule has 1 aliphatic carbocycles. The van der Waals surface area contributed by atoms with Crippen LogP contribution in [0.25, 0.3) is 9.88 Å². The average molecular weight is 380 g/mol. The number of thiazole rings is 1. The average Bonchev–Trinajstić information content (AvgIpc) is 2.97. The number of amides is 1. The zero-order chi connectivity index (χ0) is 14.2. The van der Waals surface area contributed by atoms with E-state index < -0.39 is 0 Å². The van der Waals surface area contributed by atoms with Gasteiger partial charge in [0, 0.05) is 11.9 Å². The standard InChI is InChI=1S/C14H17N3OS2.2ClH/c1-14(8-15,9-4-5-9)17-12(18)10-7-20-13(16-10)11-3-2-6-19-11;;/h2-3,6-7,9H,4-5,8,15H2,1H3,(H,17,18);2*1H. The Hall–Kier alpha value is -0.660. The van der Waals surface area contributed by atoms with E-state index in [2.05, 4.69) is 10.3 Å². The minimum atomic E-state index is -0.302. The molecule has 1 saturated carbocycles. The number of aromatic nitrogens is 1. The van der Waals surface area contributed by atoms with Crippen molar-refractivity contribution < 1.29 is 4.79 Å². The maximum atomic E-state index is 12.3. The highest BCUT2D eigenvalue weighted by atomic mass is 35.5. The highest BCUT2D eigenvalue weighted by Crippen LogP contribution is 2.39. The summed E-state index contributed by atoms with van der Waals surface area (Å²) in [6, 6.07) is 4.00. The molecule has 3 rings (SSSR count). The van der Waals surface area contributed by atoms with Crippen LogP contribution in [0.1, 0.15) is 30.3 Å². The molecule has 0 spiro atoms. The first-order valence-electron chi connectivity index (χ1n) is 6.64. The molecule has 2 heterocycles. The predicted molar refractivity (Wildman–Crippen MR) is 97.6 cm³/mol. The molecule has 0 bridgehead atoms. The SMILES string of the molecule is CC(CN)(NC(=O)c1csc(-c2cccs2)n1)C1CC1.Cl.Cl. The summed E-state index contributed by atoms with van der Waals surface area (Å²) in [6.45, 7) is 2.49. The van der Waals surface area contributed by atoms with E-state index >= 15 is 0 Å². The van der Waals surface area contributed by atoms with E-state index in [1.807, 2.05) is 29.8 Å². The molecule has 1 aliphatic rings. The highest BCUT2D eigenvalue weighted by molar-refractivity contribution is 7.20. The van der Waals surface area contributed by atoms with Gasteiger partial charge in [-0.25, -0.2) is 4.98 Å². The number of nitrogens with zero attached hydrogens (tertiary/aromatic N) is 1. The van der Waals surface area contributed by atoms with E-state index in [0.717, 1.165) is 22.7 Å². The zero-order valence-electron chi connectivity index (χ0n) is 12.1. The second-order valence-corrected chi connectivity index (χ2v) is 7.17. The van der Waals surface area contributed by atoms with Gasteiger partial charge in [-0.05, 0) is 37.1 Å². The highest BCUT2D eigenvalue weighted by Gasteiger charge is 2.41. The fraction of sp³-hybridized carbons (Fsp3) is 0.429. The van der Waals surface area contributed by atoms with Crippen molar-refractivity contribution in [3.8, 4) is 9.88 Å². The molecule has 4 nitrogen and oxygen atoms in total. The van der Waals surface area contributed by atoms with Crippen LogP contribution >= 0.6 is 47.5 Å². The van der Waals surface area contributed by atoms with Gasteiger partial charge in [-0.1, -0.05) is 6.07 Å². The number of carbonyl (C=O) groups excluding carboxylic acids is 1. The third-order valence-corrected chi connectivity index (χ3v) is 5.65. The van der Waals surface area contributed by atoms with E-state index in [9.17, 15) is 4.79 Å². The summed E-state index contributed by atoms with van der Waals surface area (Å²) in [5.41, 5.74) is 6.01. The molecule has 2 aromatic heterocycles. The summed E-state index contributed by atoms with van der Waals surface area (Å²) >= 11 is 3.13. The number of hydrogen-bond acceptors (Lipinski definition) is 5. The molecule has 22 heavy (non-hydrogen) atoms. The van der Waals surface area contributed by atoms with E-state index in [1.54, 1.807) is 11.3 Å². The minimum absolute atomic E-state index is 0. The first-order chi connectivity index (χ1) is 9.62. The number of carbonyl (C=O) groups is 1. The molecule has 0 saturated heterocycles. The van der Waals surface area contributed by atoms with Gasteiger partial charge in [-0.2, -0.15) is 0 Å². The lowest BCUT2D eigenvalue weighted by Crippen LogP contribution is -2.53. The van der Waals surface area contributed by atoms with Gasteiger partial charge < -0.3 is 11.1 Å². The lowest BCUT2D eigenvalue weighted by molar-refractivity contribution is 0.0893. The van der Waals surface area contributed by atoms with Crippen LogP contribution in [-0.2, 0) is 0 Å². The number of hydrogen-bond donors (Lipinski definition) is 2. The summed E-state index contributed by atoms with van der Waals surface area (Å²) in [6.07, 6.45) is 2.29. The fourth-order valence-electron chi connectivity index (χ4n) is 2.26. The van der Waals surface area contributed by atoms with Crippen molar-refractivity contribution in [3.05, 3.63) is 28.6 Å².